The molecule has 1 saturated heterocycles. The molecule has 35 heavy (non-hydrogen) atoms. The maximum atomic E-state index is 15.2. The first-order valence-electron chi connectivity index (χ1n) is 11.7. The molecular weight excluding hydrogens is 467 g/mol. The quantitative estimate of drug-likeness (QED) is 0.301. The van der Waals surface area contributed by atoms with Crippen molar-refractivity contribution in [2.45, 2.75) is 51.7 Å². The van der Waals surface area contributed by atoms with E-state index in [0.29, 0.717) is 41.0 Å². The van der Waals surface area contributed by atoms with E-state index in [9.17, 15) is 17.6 Å². The van der Waals surface area contributed by atoms with Crippen molar-refractivity contribution in [3.63, 3.8) is 0 Å². The van der Waals surface area contributed by atoms with E-state index in [1.54, 1.807) is 18.2 Å². The number of halogens is 5. The second-order valence-corrected chi connectivity index (χ2v) is 8.84. The number of hydrogen-bond donors (Lipinski definition) is 0. The van der Waals surface area contributed by atoms with Crippen LogP contribution in [0.4, 0.5) is 22.0 Å². The number of aryl methyl sites for hydroxylation is 2. The van der Waals surface area contributed by atoms with Crippen LogP contribution < -0.4 is 4.74 Å². The van der Waals surface area contributed by atoms with Gasteiger partial charge >= 0.3 is 6.36 Å². The van der Waals surface area contributed by atoms with Crippen LogP contribution in [0.5, 0.6) is 5.75 Å². The van der Waals surface area contributed by atoms with Gasteiger partial charge in [-0.15, -0.1) is 13.2 Å². The summed E-state index contributed by atoms with van der Waals surface area (Å²) in [7, 11) is 0. The van der Waals surface area contributed by atoms with Crippen LogP contribution in [0.15, 0.2) is 48.5 Å². The van der Waals surface area contributed by atoms with Crippen LogP contribution in [0.3, 0.4) is 0 Å². The molecule has 0 radical (unpaired) electrons. The van der Waals surface area contributed by atoms with Gasteiger partial charge in [0.15, 0.2) is 17.9 Å². The predicted octanol–water partition coefficient (Wildman–Crippen LogP) is 7.65. The molecule has 1 heterocycles. The van der Waals surface area contributed by atoms with Crippen molar-refractivity contribution >= 4 is 10.8 Å². The third-order valence-electron chi connectivity index (χ3n) is 6.17. The molecule has 0 aromatic heterocycles. The monoisotopic (exact) mass is 494 g/mol. The highest BCUT2D eigenvalue weighted by Crippen LogP contribution is 2.31. The number of rotatable bonds is 8. The maximum absolute atomic E-state index is 15.2. The van der Waals surface area contributed by atoms with E-state index in [-0.39, 0.29) is 18.7 Å². The van der Waals surface area contributed by atoms with Crippen LogP contribution in [0, 0.1) is 17.6 Å². The fourth-order valence-electron chi connectivity index (χ4n) is 4.28. The molecule has 0 amide bonds. The molecule has 3 aromatic carbocycles. The zero-order valence-electron chi connectivity index (χ0n) is 19.3. The third-order valence-corrected chi connectivity index (χ3v) is 6.17. The van der Waals surface area contributed by atoms with E-state index >= 15 is 4.39 Å². The van der Waals surface area contributed by atoms with Gasteiger partial charge in [0.1, 0.15) is 5.82 Å². The molecular formula is C27H27F5O3. The van der Waals surface area contributed by atoms with Crippen LogP contribution in [-0.4, -0.2) is 19.6 Å². The molecule has 0 aliphatic carbocycles. The molecule has 1 fully saturated rings. The summed E-state index contributed by atoms with van der Waals surface area (Å²) in [5, 5.41) is 1.16. The van der Waals surface area contributed by atoms with Gasteiger partial charge in [0, 0.05) is 16.9 Å². The molecule has 0 saturated carbocycles. The van der Waals surface area contributed by atoms with Crippen molar-refractivity contribution in [1.82, 2.24) is 0 Å². The zero-order valence-corrected chi connectivity index (χ0v) is 19.3. The topological polar surface area (TPSA) is 27.7 Å². The van der Waals surface area contributed by atoms with Crippen LogP contribution in [0.2, 0.25) is 0 Å². The first-order valence-corrected chi connectivity index (χ1v) is 11.7. The summed E-state index contributed by atoms with van der Waals surface area (Å²) < 4.78 is 81.4. The smallest absolute Gasteiger partial charge is 0.403 e. The number of benzene rings is 3. The Morgan fingerprint density at radius 2 is 1.71 bits per heavy atom. The Hall–Kier alpha value is -2.71. The van der Waals surface area contributed by atoms with Gasteiger partial charge in [-0.2, -0.15) is 0 Å². The lowest BCUT2D eigenvalue weighted by Crippen LogP contribution is -2.27. The largest absolute Gasteiger partial charge is 0.573 e. The minimum absolute atomic E-state index is 0.257. The fourth-order valence-corrected chi connectivity index (χ4v) is 4.28. The van der Waals surface area contributed by atoms with Crippen molar-refractivity contribution in [2.24, 2.45) is 5.92 Å². The molecule has 0 atom stereocenters. The second-order valence-electron chi connectivity index (χ2n) is 8.84. The van der Waals surface area contributed by atoms with E-state index in [0.717, 1.165) is 37.0 Å². The normalized spacial score (nSPS) is 18.7. The summed E-state index contributed by atoms with van der Waals surface area (Å²) in [4.78, 5) is 0. The van der Waals surface area contributed by atoms with Crippen molar-refractivity contribution in [1.29, 1.82) is 0 Å². The summed E-state index contributed by atoms with van der Waals surface area (Å²) >= 11 is 0. The van der Waals surface area contributed by atoms with Crippen LogP contribution in [0.1, 0.15) is 49.2 Å². The molecule has 8 heteroatoms. The molecule has 0 unspecified atom stereocenters. The number of hydrogen-bond acceptors (Lipinski definition) is 3. The molecule has 1 aliphatic heterocycles. The highest BCUT2D eigenvalue weighted by molar-refractivity contribution is 5.84. The zero-order chi connectivity index (χ0) is 25.0. The van der Waals surface area contributed by atoms with Gasteiger partial charge in [0.05, 0.1) is 13.2 Å². The fraction of sp³-hybridized carbons (Fsp3) is 0.407. The number of ether oxygens (including phenoxy) is 3. The summed E-state index contributed by atoms with van der Waals surface area (Å²) in [6.07, 6.45) is -1.57. The standard InChI is InChI=1S/C27H27F5O3/c1-2-3-4-18-15-33-26(34-16-18)21-10-11-22-20(14-21)9-8-19(25(22)29)7-5-17-6-12-24(23(28)13-17)35-27(30,31)32/h6,8-14,18,26H,2-5,7,15-16H2,1H3. The Balaban J connectivity index is 1.41. The molecule has 188 valence electrons. The van der Waals surface area contributed by atoms with Crippen LogP contribution in [-0.2, 0) is 22.3 Å². The Morgan fingerprint density at radius 1 is 0.943 bits per heavy atom. The Kier molecular flexibility index (Phi) is 7.91. The molecule has 0 bridgehead atoms. The van der Waals surface area contributed by atoms with E-state index in [1.165, 1.54) is 6.07 Å². The van der Waals surface area contributed by atoms with Crippen molar-refractivity contribution in [3.8, 4) is 5.75 Å². The summed E-state index contributed by atoms with van der Waals surface area (Å²) in [6, 6.07) is 12.1. The Morgan fingerprint density at radius 3 is 2.40 bits per heavy atom. The molecule has 0 N–H and O–H groups in total. The molecule has 3 aromatic rings. The van der Waals surface area contributed by atoms with Gasteiger partial charge in [-0.25, -0.2) is 8.78 Å². The maximum Gasteiger partial charge on any atom is 0.573 e. The summed E-state index contributed by atoms with van der Waals surface area (Å²) in [5.74, 6) is -1.99. The molecule has 3 nitrogen and oxygen atoms in total. The van der Waals surface area contributed by atoms with Gasteiger partial charge in [-0.1, -0.05) is 50.1 Å². The van der Waals surface area contributed by atoms with Crippen molar-refractivity contribution < 1.29 is 36.2 Å². The van der Waals surface area contributed by atoms with Crippen molar-refractivity contribution in [2.75, 3.05) is 13.2 Å². The lowest BCUT2D eigenvalue weighted by molar-refractivity contribution is -0.275. The average molecular weight is 495 g/mol. The first kappa shape index (κ1) is 25.4. The van der Waals surface area contributed by atoms with E-state index < -0.39 is 24.2 Å². The molecule has 0 spiro atoms. The summed E-state index contributed by atoms with van der Waals surface area (Å²) in [5.41, 5.74) is 1.70. The van der Waals surface area contributed by atoms with E-state index in [2.05, 4.69) is 11.7 Å². The summed E-state index contributed by atoms with van der Waals surface area (Å²) in [6.45, 7) is 3.43. The number of fused-ring (bicyclic) bond motifs is 1. The lowest BCUT2D eigenvalue weighted by atomic mass is 9.98. The second kappa shape index (κ2) is 10.9. The van der Waals surface area contributed by atoms with Gasteiger partial charge in [-0.3, -0.25) is 0 Å². The highest BCUT2D eigenvalue weighted by atomic mass is 19.4. The van der Waals surface area contributed by atoms with Gasteiger partial charge in [0.2, 0.25) is 0 Å². The lowest BCUT2D eigenvalue weighted by Gasteiger charge is -2.29. The van der Waals surface area contributed by atoms with Crippen LogP contribution >= 0.6 is 0 Å². The van der Waals surface area contributed by atoms with E-state index in [1.807, 2.05) is 12.1 Å². The molecule has 4 rings (SSSR count). The van der Waals surface area contributed by atoms with Crippen LogP contribution in [0.25, 0.3) is 10.8 Å². The predicted molar refractivity (Wildman–Crippen MR) is 122 cm³/mol. The highest BCUT2D eigenvalue weighted by Gasteiger charge is 2.32. The van der Waals surface area contributed by atoms with Gasteiger partial charge in [0.25, 0.3) is 0 Å². The Labute approximate surface area is 200 Å². The third kappa shape index (κ3) is 6.49. The SMILES string of the molecule is CCCCC1COC(c2ccc3c(F)c(CCc4ccc(OC(F)(F)F)c(F)c4)ccc3c2)OC1. The van der Waals surface area contributed by atoms with E-state index in [4.69, 9.17) is 9.47 Å². The number of unbranched alkanes of at least 4 members (excludes halogenated alkanes) is 1. The minimum Gasteiger partial charge on any atom is -0.403 e. The van der Waals surface area contributed by atoms with Gasteiger partial charge in [-0.05, 0) is 54.0 Å². The molecule has 1 aliphatic rings. The Bertz CT molecular complexity index is 1150. The van der Waals surface area contributed by atoms with Crippen molar-refractivity contribution in [3.05, 3.63) is 76.9 Å². The first-order chi connectivity index (χ1) is 16.7. The van der Waals surface area contributed by atoms with Gasteiger partial charge < -0.3 is 14.2 Å². The minimum atomic E-state index is -4.97. The number of alkyl halides is 3. The average Bonchev–Trinajstić information content (AvgIpc) is 2.83.